The summed E-state index contributed by atoms with van der Waals surface area (Å²) in [5.41, 5.74) is 13.6. The summed E-state index contributed by atoms with van der Waals surface area (Å²) in [6.45, 7) is 12.5. The molecule has 12 atom stereocenters. The number of fused-ring (bicyclic) bond motifs is 2. The van der Waals surface area contributed by atoms with E-state index < -0.39 is 37.4 Å². The van der Waals surface area contributed by atoms with Crippen molar-refractivity contribution in [2.75, 3.05) is 18.1 Å². The van der Waals surface area contributed by atoms with Crippen LogP contribution in [0.5, 0.6) is 0 Å². The summed E-state index contributed by atoms with van der Waals surface area (Å²) in [7, 11) is 0. The summed E-state index contributed by atoms with van der Waals surface area (Å²) in [5, 5.41) is 38.0. The number of hydrogen-bond donors (Lipinski definition) is 6. The molecule has 1 radical (unpaired) electrons. The normalized spacial score (nSPS) is 33.9. The van der Waals surface area contributed by atoms with Crippen molar-refractivity contribution in [3.8, 4) is 0 Å². The van der Waals surface area contributed by atoms with Crippen molar-refractivity contribution in [3.05, 3.63) is 25.3 Å². The number of aliphatic hydroxyl groups excluding tert-OH is 4. The second-order valence-corrected chi connectivity index (χ2v) is 12.8. The molecule has 7 rings (SSSR count). The monoisotopic (exact) mass is 899 g/mol. The van der Waals surface area contributed by atoms with Crippen LogP contribution in [0.1, 0.15) is 66.8 Å². The van der Waals surface area contributed by atoms with Crippen LogP contribution in [-0.2, 0) is 14.2 Å². The molecule has 0 saturated carbocycles. The summed E-state index contributed by atoms with van der Waals surface area (Å²) < 4.78 is 20.3. The van der Waals surface area contributed by atoms with E-state index in [1.54, 1.807) is 6.33 Å². The summed E-state index contributed by atoms with van der Waals surface area (Å²) >= 11 is 0. The fraction of sp³-hybridized carbons (Fsp3) is 0.677. The zero-order valence-corrected chi connectivity index (χ0v) is 33.4. The van der Waals surface area contributed by atoms with Gasteiger partial charge >= 0.3 is 0 Å². The molecule has 18 heteroatoms. The van der Waals surface area contributed by atoms with Gasteiger partial charge in [0.15, 0.2) is 35.4 Å². The number of ether oxygens (including phenoxy) is 3. The van der Waals surface area contributed by atoms with Crippen molar-refractivity contribution in [2.45, 2.75) is 104 Å². The van der Waals surface area contributed by atoms with Crippen LogP contribution in [0.3, 0.4) is 0 Å². The van der Waals surface area contributed by atoms with Gasteiger partial charge in [-0.3, -0.25) is 9.13 Å². The van der Waals surface area contributed by atoms with Gasteiger partial charge in [0, 0.05) is 55.9 Å². The quantitative estimate of drug-likeness (QED) is 0.166. The average molecular weight is 900 g/mol. The van der Waals surface area contributed by atoms with Gasteiger partial charge in [-0.05, 0) is 24.7 Å². The second kappa shape index (κ2) is 16.9. The molecule has 4 aromatic rings. The standard InChI is InChI=1S/C13H19N5O.C10H13N5O4.C8H16O2.Ac/c1-4-9-7(2)8(3)13(19-9)18-6-17-10-11(14)15-5-16-12(10)18;11-8-5-9(13-2-12-8)15(3-14-5)10-7(18)6(17)4(1-16)19-10;1-4-7-5(2)6(3)8(9)10-7;/h5-9,13H,4H2,1-3H3,(H2,14,15,16);2-4,6-7,10,16-18H,1H2,(H2,11,12,13);5-9H,4H2,1-3H3;/t7?,8-,9+,13+;4-,6?,7+,10-;5?,6-,7+,8+;/m101./s1. The maximum Gasteiger partial charge on any atom is 0.167 e. The molecule has 3 fully saturated rings. The number of hydrogen-bond acceptors (Lipinski definition) is 15. The molecule has 7 heterocycles. The second-order valence-electron chi connectivity index (χ2n) is 12.8. The van der Waals surface area contributed by atoms with Crippen LogP contribution in [0, 0.1) is 67.7 Å². The van der Waals surface area contributed by atoms with Gasteiger partial charge in [0.05, 0.1) is 31.5 Å². The van der Waals surface area contributed by atoms with Gasteiger partial charge in [0.1, 0.15) is 48.2 Å². The molecular formula is C31H48AcN10O7. The van der Waals surface area contributed by atoms with Crippen molar-refractivity contribution >= 4 is 34.0 Å². The Kier molecular flexibility index (Phi) is 13.7. The van der Waals surface area contributed by atoms with Crippen LogP contribution >= 0.6 is 0 Å². The first kappa shape index (κ1) is 39.6. The zero-order chi connectivity index (χ0) is 34.9. The van der Waals surface area contributed by atoms with Gasteiger partial charge in [-0.1, -0.05) is 41.5 Å². The molecule has 3 unspecified atom stereocenters. The molecule has 0 amide bonds. The number of aromatic nitrogens is 8. The maximum atomic E-state index is 9.95. The Morgan fingerprint density at radius 3 is 1.51 bits per heavy atom. The van der Waals surface area contributed by atoms with E-state index in [-0.39, 0.29) is 68.3 Å². The SMILES string of the molecule is CC[C@@H]1O[C@H](O)[C@H](C)C1C.CC[C@@H]1O[C@H](n2cnc3c(N)ncnc32)[C@H](C)C1C.Nc1ncnc2c1ncn2[C@H]1O[C@@H](CO)C(O)[C@H]1O.[Ac]. The van der Waals surface area contributed by atoms with Crippen molar-refractivity contribution < 1.29 is 78.7 Å². The number of nitrogens with two attached hydrogens (primary N) is 2. The molecule has 3 aliphatic rings. The Morgan fingerprint density at radius 2 is 1.10 bits per heavy atom. The Labute approximate surface area is 320 Å². The molecule has 8 N–H and O–H groups in total. The fourth-order valence-corrected chi connectivity index (χ4v) is 6.53. The predicted octanol–water partition coefficient (Wildman–Crippen LogP) is 1.39. The van der Waals surface area contributed by atoms with E-state index in [9.17, 15) is 15.3 Å². The molecule has 0 aromatic carbocycles. The van der Waals surface area contributed by atoms with Gasteiger partial charge in [-0.25, -0.2) is 29.9 Å². The number of nitrogens with zero attached hydrogens (tertiary/aromatic N) is 8. The van der Waals surface area contributed by atoms with Crippen LogP contribution in [0.4, 0.5) is 11.6 Å². The van der Waals surface area contributed by atoms with E-state index in [4.69, 9.17) is 30.8 Å². The van der Waals surface area contributed by atoms with Crippen molar-refractivity contribution in [1.82, 2.24) is 39.0 Å². The molecule has 0 bridgehead atoms. The summed E-state index contributed by atoms with van der Waals surface area (Å²) in [6, 6.07) is 0. The zero-order valence-electron chi connectivity index (χ0n) is 28.7. The number of aliphatic hydroxyl groups is 4. The number of anilines is 2. The average Bonchev–Trinajstić information content (AvgIpc) is 3.89. The molecule has 3 saturated heterocycles. The summed E-state index contributed by atoms with van der Waals surface area (Å²) in [6.07, 6.45) is 3.82. The minimum Gasteiger partial charge on any atom is -0.394 e. The largest absolute Gasteiger partial charge is 0.394 e. The third-order valence-electron chi connectivity index (χ3n) is 10.0. The van der Waals surface area contributed by atoms with Gasteiger partial charge in [0.2, 0.25) is 0 Å². The predicted molar refractivity (Wildman–Crippen MR) is 175 cm³/mol. The van der Waals surface area contributed by atoms with Crippen LogP contribution < -0.4 is 11.5 Å². The van der Waals surface area contributed by atoms with Crippen LogP contribution in [0.2, 0.25) is 0 Å². The number of imidazole rings is 2. The molecule has 267 valence electrons. The number of rotatable bonds is 5. The smallest absolute Gasteiger partial charge is 0.167 e. The van der Waals surface area contributed by atoms with E-state index in [2.05, 4.69) is 64.5 Å². The Morgan fingerprint density at radius 1 is 0.633 bits per heavy atom. The first-order valence-electron chi connectivity index (χ1n) is 16.4. The van der Waals surface area contributed by atoms with Crippen molar-refractivity contribution in [3.63, 3.8) is 0 Å². The first-order valence-corrected chi connectivity index (χ1v) is 16.4. The molecule has 17 nitrogen and oxygen atoms in total. The Bertz CT molecular complexity index is 1560. The number of nitrogen functional groups attached to an aromatic ring is 2. The third kappa shape index (κ3) is 7.87. The van der Waals surface area contributed by atoms with E-state index in [0.717, 1.165) is 18.5 Å². The Balaban J connectivity index is 0.000000172. The first-order chi connectivity index (χ1) is 22.9. The van der Waals surface area contributed by atoms with Gasteiger partial charge < -0.3 is 46.1 Å². The molecular weight excluding hydrogens is 851 g/mol. The van der Waals surface area contributed by atoms with E-state index >= 15 is 0 Å². The fourth-order valence-electron chi connectivity index (χ4n) is 6.53. The molecule has 4 aromatic heterocycles. The van der Waals surface area contributed by atoms with Crippen LogP contribution in [0.25, 0.3) is 22.3 Å². The summed E-state index contributed by atoms with van der Waals surface area (Å²) in [4.78, 5) is 24.4. The van der Waals surface area contributed by atoms with Crippen LogP contribution in [-0.4, -0.2) is 103 Å². The molecule has 49 heavy (non-hydrogen) atoms. The minimum atomic E-state index is -1.19. The van der Waals surface area contributed by atoms with Crippen LogP contribution in [0.15, 0.2) is 25.3 Å². The third-order valence-corrected chi connectivity index (χ3v) is 10.0. The van der Waals surface area contributed by atoms with E-state index in [1.165, 1.54) is 23.5 Å². The molecule has 3 aliphatic heterocycles. The van der Waals surface area contributed by atoms with E-state index in [1.807, 2.05) is 11.5 Å². The van der Waals surface area contributed by atoms with Gasteiger partial charge in [-0.2, -0.15) is 0 Å². The molecule has 0 aliphatic carbocycles. The topological polar surface area (TPSA) is 248 Å². The van der Waals surface area contributed by atoms with Gasteiger partial charge in [0.25, 0.3) is 0 Å². The van der Waals surface area contributed by atoms with Crippen molar-refractivity contribution in [1.29, 1.82) is 0 Å². The molecule has 0 spiro atoms. The Hall–Kier alpha value is -2.14. The maximum absolute atomic E-state index is 9.95. The minimum absolute atomic E-state index is 0. The summed E-state index contributed by atoms with van der Waals surface area (Å²) in [5.74, 6) is 2.36. The van der Waals surface area contributed by atoms with Crippen molar-refractivity contribution in [2.24, 2.45) is 23.7 Å². The van der Waals surface area contributed by atoms with Gasteiger partial charge in [-0.15, -0.1) is 0 Å². The van der Waals surface area contributed by atoms with E-state index in [0.29, 0.717) is 46.2 Å².